The van der Waals surface area contributed by atoms with Crippen molar-refractivity contribution in [1.82, 2.24) is 9.88 Å². The summed E-state index contributed by atoms with van der Waals surface area (Å²) in [6.07, 6.45) is 5.96. The van der Waals surface area contributed by atoms with Crippen LogP contribution in [0.1, 0.15) is 71.7 Å². The van der Waals surface area contributed by atoms with Gasteiger partial charge in [0.05, 0.1) is 33.9 Å². The number of ether oxygens (including phenoxy) is 4. The molecule has 0 spiro atoms. The number of para-hydroxylation sites is 1. The second-order valence-electron chi connectivity index (χ2n) is 14.1. The Morgan fingerprint density at radius 2 is 1.65 bits per heavy atom. The Bertz CT molecular complexity index is 1970. The summed E-state index contributed by atoms with van der Waals surface area (Å²) in [4.78, 5) is 35.2. The predicted molar refractivity (Wildman–Crippen MR) is 201 cm³/mol. The molecule has 1 saturated carbocycles. The predicted octanol–water partition coefficient (Wildman–Crippen LogP) is 9.83. The molecule has 0 radical (unpaired) electrons. The summed E-state index contributed by atoms with van der Waals surface area (Å²) < 4.78 is 65.0. The number of carbonyl (C=O) groups is 2. The smallest absolute Gasteiger partial charge is 0.415 e. The standard InChI is InChI=1S/C41H40Cl2F3N3O6/c42-31-21-47-22-32(43)30(31)20-36(27-12-13-35(54-40(45)46)37(19-27)52-29-8-1-2-9-29)53-39(50)28-7-5-6-25(18-28)23-49(34-11-4-3-10-33(34)44)41(51)55-38-24-48-16-14-26(38)15-17-48/h3-7,10-13,18-19,21-22,26,29,36,38,40H,1-2,8-9,14-17,20,23-24H2/t36-,38-/m0/s1. The molecular weight excluding hydrogens is 758 g/mol. The zero-order chi connectivity index (χ0) is 38.5. The fraction of sp³-hybridized carbons (Fsp3) is 0.390. The van der Waals surface area contributed by atoms with Crippen LogP contribution in [0.3, 0.4) is 0 Å². The third-order valence-corrected chi connectivity index (χ3v) is 11.1. The second-order valence-corrected chi connectivity index (χ2v) is 14.9. The number of esters is 1. The van der Waals surface area contributed by atoms with Crippen molar-refractivity contribution in [2.45, 2.75) is 76.4 Å². The minimum atomic E-state index is -3.08. The number of carbonyl (C=O) groups excluding carboxylic acids is 2. The number of piperidine rings is 3. The molecule has 4 fully saturated rings. The van der Waals surface area contributed by atoms with E-state index in [-0.39, 0.29) is 63.9 Å². The molecule has 290 valence electrons. The van der Waals surface area contributed by atoms with Gasteiger partial charge in [0.15, 0.2) is 11.5 Å². The van der Waals surface area contributed by atoms with E-state index < -0.39 is 30.6 Å². The highest BCUT2D eigenvalue weighted by atomic mass is 35.5. The molecule has 0 N–H and O–H groups in total. The average molecular weight is 799 g/mol. The van der Waals surface area contributed by atoms with Gasteiger partial charge in [0.1, 0.15) is 18.0 Å². The maximum atomic E-state index is 15.2. The number of amides is 1. The Kier molecular flexibility index (Phi) is 12.3. The van der Waals surface area contributed by atoms with Gasteiger partial charge in [-0.3, -0.25) is 14.8 Å². The lowest BCUT2D eigenvalue weighted by Gasteiger charge is -2.44. The van der Waals surface area contributed by atoms with Gasteiger partial charge in [0, 0.05) is 25.4 Å². The van der Waals surface area contributed by atoms with Gasteiger partial charge in [-0.25, -0.2) is 14.0 Å². The fourth-order valence-electron chi connectivity index (χ4n) is 7.57. The number of rotatable bonds is 13. The summed E-state index contributed by atoms with van der Waals surface area (Å²) in [5, 5.41) is 0.489. The minimum absolute atomic E-state index is 0.00995. The van der Waals surface area contributed by atoms with Gasteiger partial charge in [-0.05, 0) is 111 Å². The Morgan fingerprint density at radius 1 is 0.909 bits per heavy atom. The van der Waals surface area contributed by atoms with Gasteiger partial charge in [0.25, 0.3) is 0 Å². The topological polar surface area (TPSA) is 90.4 Å². The SMILES string of the molecule is O=C(O[C@@H](Cc1c(Cl)cncc1Cl)c1ccc(OC(F)F)c(OC2CCCC2)c1)c1cccc(CN(C(=O)O[C@H]2CN3CCC2CC3)c2ccccc2F)c1. The van der Waals surface area contributed by atoms with Gasteiger partial charge < -0.3 is 18.9 Å². The maximum Gasteiger partial charge on any atom is 0.415 e. The zero-order valence-electron chi connectivity index (χ0n) is 29.9. The van der Waals surface area contributed by atoms with Crippen LogP contribution in [0.5, 0.6) is 11.5 Å². The number of aromatic nitrogens is 1. The van der Waals surface area contributed by atoms with Crippen molar-refractivity contribution >= 4 is 41.0 Å². The fourth-order valence-corrected chi connectivity index (χ4v) is 8.09. The summed E-state index contributed by atoms with van der Waals surface area (Å²) >= 11 is 13.0. The summed E-state index contributed by atoms with van der Waals surface area (Å²) in [5.74, 6) is -1.13. The molecule has 3 aromatic carbocycles. The van der Waals surface area contributed by atoms with E-state index in [2.05, 4.69) is 9.88 Å². The Hall–Kier alpha value is -4.52. The Morgan fingerprint density at radius 3 is 2.35 bits per heavy atom. The van der Waals surface area contributed by atoms with E-state index in [0.717, 1.165) is 51.6 Å². The van der Waals surface area contributed by atoms with Crippen LogP contribution in [0.2, 0.25) is 10.0 Å². The third-order valence-electron chi connectivity index (χ3n) is 10.5. The first-order chi connectivity index (χ1) is 26.6. The van der Waals surface area contributed by atoms with E-state index in [1.807, 2.05) is 0 Å². The van der Waals surface area contributed by atoms with Gasteiger partial charge in [0.2, 0.25) is 0 Å². The molecule has 1 aromatic heterocycles. The van der Waals surface area contributed by atoms with E-state index >= 15 is 4.39 Å². The van der Waals surface area contributed by atoms with Crippen LogP contribution < -0.4 is 14.4 Å². The molecule has 4 aromatic rings. The first kappa shape index (κ1) is 38.7. The van der Waals surface area contributed by atoms with Crippen molar-refractivity contribution in [2.24, 2.45) is 5.92 Å². The number of benzene rings is 3. The van der Waals surface area contributed by atoms with E-state index in [9.17, 15) is 18.4 Å². The van der Waals surface area contributed by atoms with Crippen LogP contribution in [0.25, 0.3) is 0 Å². The van der Waals surface area contributed by atoms with Crippen LogP contribution in [0.4, 0.5) is 23.7 Å². The van der Waals surface area contributed by atoms with Gasteiger partial charge in [-0.2, -0.15) is 8.78 Å². The molecule has 3 saturated heterocycles. The molecule has 1 amide bonds. The van der Waals surface area contributed by atoms with E-state index in [1.165, 1.54) is 53.7 Å². The first-order valence-corrected chi connectivity index (χ1v) is 19.1. The highest BCUT2D eigenvalue weighted by Gasteiger charge is 2.38. The van der Waals surface area contributed by atoms with Crippen molar-refractivity contribution < 1.29 is 41.7 Å². The van der Waals surface area contributed by atoms with Crippen LogP contribution in [-0.2, 0) is 22.4 Å². The molecule has 4 aliphatic rings. The normalized spacial score (nSPS) is 19.9. The number of hydrogen-bond acceptors (Lipinski definition) is 8. The number of pyridine rings is 1. The molecule has 3 aliphatic heterocycles. The molecule has 1 aliphatic carbocycles. The Balaban J connectivity index is 1.16. The molecule has 4 heterocycles. The third kappa shape index (κ3) is 9.48. The summed E-state index contributed by atoms with van der Waals surface area (Å²) in [7, 11) is 0. The molecule has 2 bridgehead atoms. The molecular formula is C41H40Cl2F3N3O6. The summed E-state index contributed by atoms with van der Waals surface area (Å²) in [5.41, 5.74) is 1.58. The van der Waals surface area contributed by atoms with Crippen molar-refractivity contribution in [1.29, 1.82) is 0 Å². The first-order valence-electron chi connectivity index (χ1n) is 18.4. The van der Waals surface area contributed by atoms with E-state index in [4.69, 9.17) is 42.1 Å². The van der Waals surface area contributed by atoms with Crippen LogP contribution in [0, 0.1) is 11.7 Å². The minimum Gasteiger partial charge on any atom is -0.487 e. The largest absolute Gasteiger partial charge is 0.487 e. The number of nitrogens with zero attached hydrogens (tertiary/aromatic N) is 3. The van der Waals surface area contributed by atoms with E-state index in [0.29, 0.717) is 23.2 Å². The van der Waals surface area contributed by atoms with Crippen molar-refractivity contribution in [3.63, 3.8) is 0 Å². The van der Waals surface area contributed by atoms with E-state index in [1.54, 1.807) is 30.3 Å². The second kappa shape index (κ2) is 17.5. The lowest BCUT2D eigenvalue weighted by molar-refractivity contribution is -0.0520. The number of halogens is 5. The molecule has 55 heavy (non-hydrogen) atoms. The summed E-state index contributed by atoms with van der Waals surface area (Å²) in [6.45, 7) is -0.605. The number of anilines is 1. The van der Waals surface area contributed by atoms with Gasteiger partial charge in [-0.1, -0.05) is 53.5 Å². The number of hydrogen-bond donors (Lipinski definition) is 0. The Labute approximate surface area is 327 Å². The average Bonchev–Trinajstić information content (AvgIpc) is 3.69. The van der Waals surface area contributed by atoms with Gasteiger partial charge >= 0.3 is 18.7 Å². The number of fused-ring (bicyclic) bond motifs is 3. The number of alkyl halides is 2. The molecule has 9 nitrogen and oxygen atoms in total. The monoisotopic (exact) mass is 797 g/mol. The highest BCUT2D eigenvalue weighted by Crippen LogP contribution is 2.38. The van der Waals surface area contributed by atoms with Crippen molar-refractivity contribution in [2.75, 3.05) is 24.5 Å². The van der Waals surface area contributed by atoms with Crippen molar-refractivity contribution in [3.8, 4) is 11.5 Å². The molecule has 2 atom stereocenters. The lowest BCUT2D eigenvalue weighted by Crippen LogP contribution is -2.53. The van der Waals surface area contributed by atoms with Gasteiger partial charge in [-0.15, -0.1) is 0 Å². The van der Waals surface area contributed by atoms with Crippen LogP contribution in [0.15, 0.2) is 79.1 Å². The highest BCUT2D eigenvalue weighted by molar-refractivity contribution is 6.35. The maximum absolute atomic E-state index is 15.2. The quantitative estimate of drug-likeness (QED) is 0.124. The summed E-state index contributed by atoms with van der Waals surface area (Å²) in [6, 6.07) is 16.8. The molecule has 0 unspecified atom stereocenters. The van der Waals surface area contributed by atoms with Crippen molar-refractivity contribution in [3.05, 3.63) is 117 Å². The molecule has 14 heteroatoms. The van der Waals surface area contributed by atoms with Crippen LogP contribution in [-0.4, -0.2) is 60.4 Å². The zero-order valence-corrected chi connectivity index (χ0v) is 31.4. The molecule has 8 rings (SSSR count). The lowest BCUT2D eigenvalue weighted by atomic mass is 9.86. The van der Waals surface area contributed by atoms with Crippen LogP contribution >= 0.6 is 23.2 Å².